The molecule has 0 aromatic heterocycles. The Labute approximate surface area is 128 Å². The summed E-state index contributed by atoms with van der Waals surface area (Å²) in [6.07, 6.45) is 0. The van der Waals surface area contributed by atoms with Crippen molar-refractivity contribution in [2.45, 2.75) is 0 Å². The fourth-order valence-electron chi connectivity index (χ4n) is 1.68. The van der Waals surface area contributed by atoms with Crippen LogP contribution in [0.4, 0.5) is 10.1 Å². The summed E-state index contributed by atoms with van der Waals surface area (Å²) >= 11 is 9.08. The first kappa shape index (κ1) is 14.8. The fraction of sp³-hybridized carbons (Fsp3) is 0.0714. The molecule has 0 aliphatic rings. The highest BCUT2D eigenvalue weighted by Gasteiger charge is 2.15. The average Bonchev–Trinajstić information content (AvgIpc) is 2.38. The van der Waals surface area contributed by atoms with Gasteiger partial charge in [0.25, 0.3) is 5.91 Å². The van der Waals surface area contributed by atoms with Crippen molar-refractivity contribution in [3.8, 4) is 5.75 Å². The number of methoxy groups -OCH3 is 1. The van der Waals surface area contributed by atoms with E-state index in [9.17, 15) is 9.18 Å². The van der Waals surface area contributed by atoms with E-state index in [0.717, 1.165) is 0 Å². The molecule has 2 aromatic carbocycles. The van der Waals surface area contributed by atoms with E-state index in [0.29, 0.717) is 15.1 Å². The second kappa shape index (κ2) is 6.24. The van der Waals surface area contributed by atoms with Gasteiger partial charge < -0.3 is 10.1 Å². The summed E-state index contributed by atoms with van der Waals surface area (Å²) in [5, 5.41) is 3.11. The number of ether oxygens (including phenoxy) is 1. The van der Waals surface area contributed by atoms with Crippen LogP contribution in [-0.2, 0) is 0 Å². The van der Waals surface area contributed by atoms with Crippen LogP contribution in [0, 0.1) is 5.82 Å². The zero-order valence-electron chi connectivity index (χ0n) is 10.4. The highest BCUT2D eigenvalue weighted by molar-refractivity contribution is 9.10. The van der Waals surface area contributed by atoms with E-state index in [4.69, 9.17) is 16.3 Å². The maximum Gasteiger partial charge on any atom is 0.256 e. The minimum atomic E-state index is -0.541. The largest absolute Gasteiger partial charge is 0.492 e. The number of carbonyl (C=O) groups excluding carboxylic acids is 1. The Morgan fingerprint density at radius 3 is 2.75 bits per heavy atom. The predicted octanol–water partition coefficient (Wildman–Crippen LogP) is 4.50. The van der Waals surface area contributed by atoms with E-state index in [1.165, 1.54) is 19.2 Å². The molecule has 2 aromatic rings. The number of halogens is 3. The van der Waals surface area contributed by atoms with Gasteiger partial charge in [0.15, 0.2) is 11.6 Å². The Bertz CT molecular complexity index is 664. The first-order valence-corrected chi connectivity index (χ1v) is 6.79. The van der Waals surface area contributed by atoms with Gasteiger partial charge in [0.1, 0.15) is 0 Å². The van der Waals surface area contributed by atoms with Crippen molar-refractivity contribution >= 4 is 39.1 Å². The molecule has 0 aliphatic carbocycles. The van der Waals surface area contributed by atoms with Gasteiger partial charge in [-0.05, 0) is 46.3 Å². The molecule has 1 amide bonds. The molecule has 0 spiro atoms. The minimum absolute atomic E-state index is 0.00839. The van der Waals surface area contributed by atoms with Crippen LogP contribution in [0.5, 0.6) is 5.75 Å². The lowest BCUT2D eigenvalue weighted by Gasteiger charge is -2.11. The zero-order valence-corrected chi connectivity index (χ0v) is 12.8. The van der Waals surface area contributed by atoms with Gasteiger partial charge in [-0.2, -0.15) is 0 Å². The van der Waals surface area contributed by atoms with Crippen molar-refractivity contribution in [1.82, 2.24) is 0 Å². The van der Waals surface area contributed by atoms with Crippen molar-refractivity contribution in [3.05, 3.63) is 57.3 Å². The molecular formula is C14H10BrClFNO2. The van der Waals surface area contributed by atoms with Crippen LogP contribution < -0.4 is 10.1 Å². The molecule has 20 heavy (non-hydrogen) atoms. The number of benzene rings is 2. The number of anilines is 1. The van der Waals surface area contributed by atoms with E-state index in [2.05, 4.69) is 21.2 Å². The third-order valence-electron chi connectivity index (χ3n) is 2.60. The third kappa shape index (κ3) is 3.11. The van der Waals surface area contributed by atoms with Crippen molar-refractivity contribution < 1.29 is 13.9 Å². The van der Waals surface area contributed by atoms with Gasteiger partial charge in [0.2, 0.25) is 0 Å². The van der Waals surface area contributed by atoms with Gasteiger partial charge in [-0.3, -0.25) is 4.79 Å². The van der Waals surface area contributed by atoms with Gasteiger partial charge in [-0.1, -0.05) is 17.7 Å². The normalized spacial score (nSPS) is 10.2. The standard InChI is InChI=1S/C14H10BrClFNO2/c1-20-13-11(17)3-2-4-12(13)18-14(19)9-6-5-8(16)7-10(9)15/h2-7H,1H3,(H,18,19). The second-order valence-electron chi connectivity index (χ2n) is 3.90. The zero-order chi connectivity index (χ0) is 14.7. The van der Waals surface area contributed by atoms with Gasteiger partial charge in [-0.25, -0.2) is 4.39 Å². The number of rotatable bonds is 3. The summed E-state index contributed by atoms with van der Waals surface area (Å²) in [4.78, 5) is 12.2. The van der Waals surface area contributed by atoms with Gasteiger partial charge in [0, 0.05) is 9.50 Å². The average molecular weight is 359 g/mol. The Kier molecular flexibility index (Phi) is 4.62. The van der Waals surface area contributed by atoms with Crippen LogP contribution in [0.3, 0.4) is 0 Å². The quantitative estimate of drug-likeness (QED) is 0.877. The molecule has 1 N–H and O–H groups in total. The van der Waals surface area contributed by atoms with E-state index < -0.39 is 11.7 Å². The Morgan fingerprint density at radius 2 is 2.10 bits per heavy atom. The van der Waals surface area contributed by atoms with Crippen LogP contribution in [0.1, 0.15) is 10.4 Å². The van der Waals surface area contributed by atoms with Gasteiger partial charge in [-0.15, -0.1) is 0 Å². The Hall–Kier alpha value is -1.59. The summed E-state index contributed by atoms with van der Waals surface area (Å²) in [5.41, 5.74) is 0.653. The smallest absolute Gasteiger partial charge is 0.256 e. The molecule has 2 rings (SSSR count). The molecule has 0 aliphatic heterocycles. The lowest BCUT2D eigenvalue weighted by atomic mass is 10.2. The van der Waals surface area contributed by atoms with E-state index in [-0.39, 0.29) is 11.4 Å². The lowest BCUT2D eigenvalue weighted by Crippen LogP contribution is -2.13. The number of para-hydroxylation sites is 1. The monoisotopic (exact) mass is 357 g/mol. The maximum absolute atomic E-state index is 13.5. The first-order chi connectivity index (χ1) is 9.52. The van der Waals surface area contributed by atoms with Crippen LogP contribution in [0.2, 0.25) is 5.02 Å². The van der Waals surface area contributed by atoms with Gasteiger partial charge in [0.05, 0.1) is 18.4 Å². The summed E-state index contributed by atoms with van der Waals surface area (Å²) in [6.45, 7) is 0. The van der Waals surface area contributed by atoms with Crippen molar-refractivity contribution in [2.75, 3.05) is 12.4 Å². The topological polar surface area (TPSA) is 38.3 Å². The van der Waals surface area contributed by atoms with E-state index in [1.807, 2.05) is 0 Å². The summed E-state index contributed by atoms with van der Waals surface area (Å²) in [7, 11) is 1.34. The molecule has 104 valence electrons. The molecule has 0 bridgehead atoms. The Morgan fingerprint density at radius 1 is 1.35 bits per heavy atom. The van der Waals surface area contributed by atoms with Gasteiger partial charge >= 0.3 is 0 Å². The van der Waals surface area contributed by atoms with Crippen LogP contribution in [0.15, 0.2) is 40.9 Å². The van der Waals surface area contributed by atoms with Crippen LogP contribution in [0.25, 0.3) is 0 Å². The number of carbonyl (C=O) groups is 1. The van der Waals surface area contributed by atoms with Crippen molar-refractivity contribution in [2.24, 2.45) is 0 Å². The molecule has 6 heteroatoms. The SMILES string of the molecule is COc1c(F)cccc1NC(=O)c1ccc(Cl)cc1Br. The summed E-state index contributed by atoms with van der Waals surface area (Å²) in [5.74, 6) is -0.941. The number of nitrogens with one attached hydrogen (secondary N) is 1. The number of amides is 1. The molecule has 0 radical (unpaired) electrons. The maximum atomic E-state index is 13.5. The fourth-order valence-corrected chi connectivity index (χ4v) is 2.54. The number of hydrogen-bond acceptors (Lipinski definition) is 2. The molecule has 0 atom stereocenters. The van der Waals surface area contributed by atoms with E-state index in [1.54, 1.807) is 24.3 Å². The van der Waals surface area contributed by atoms with Crippen LogP contribution >= 0.6 is 27.5 Å². The molecule has 0 saturated heterocycles. The summed E-state index contributed by atoms with van der Waals surface area (Å²) < 4.78 is 19.0. The second-order valence-corrected chi connectivity index (χ2v) is 5.19. The molecule has 3 nitrogen and oxygen atoms in total. The van der Waals surface area contributed by atoms with Crippen molar-refractivity contribution in [1.29, 1.82) is 0 Å². The molecular weight excluding hydrogens is 349 g/mol. The van der Waals surface area contributed by atoms with Crippen LogP contribution in [-0.4, -0.2) is 13.0 Å². The number of hydrogen-bond donors (Lipinski definition) is 1. The molecule has 0 heterocycles. The molecule has 0 unspecified atom stereocenters. The Balaban J connectivity index is 2.30. The first-order valence-electron chi connectivity index (χ1n) is 5.62. The lowest BCUT2D eigenvalue weighted by molar-refractivity contribution is 0.102. The molecule has 0 saturated carbocycles. The minimum Gasteiger partial charge on any atom is -0.492 e. The van der Waals surface area contributed by atoms with E-state index >= 15 is 0 Å². The summed E-state index contributed by atoms with van der Waals surface area (Å²) in [6, 6.07) is 9.09. The predicted molar refractivity (Wildman–Crippen MR) is 80.1 cm³/mol. The third-order valence-corrected chi connectivity index (χ3v) is 3.49. The molecule has 0 fully saturated rings. The van der Waals surface area contributed by atoms with Crippen molar-refractivity contribution in [3.63, 3.8) is 0 Å². The highest BCUT2D eigenvalue weighted by Crippen LogP contribution is 2.29. The highest BCUT2D eigenvalue weighted by atomic mass is 79.9.